The molecule has 0 N–H and O–H groups in total. The van der Waals surface area contributed by atoms with Crippen LogP contribution >= 0.6 is 27.3 Å². The monoisotopic (exact) mass is 483 g/mol. The Morgan fingerprint density at radius 2 is 2.10 bits per heavy atom. The summed E-state index contributed by atoms with van der Waals surface area (Å²) in [5.74, 6) is 0.309. The maximum Gasteiger partial charge on any atom is 0.270 e. The molecule has 0 bridgehead atoms. The number of nitro benzene ring substituents is 1. The Bertz CT molecular complexity index is 1250. The van der Waals surface area contributed by atoms with E-state index in [1.54, 1.807) is 36.6 Å². The van der Waals surface area contributed by atoms with Gasteiger partial charge in [-0.2, -0.15) is 0 Å². The highest BCUT2D eigenvalue weighted by atomic mass is 79.9. The fraction of sp³-hybridized carbons (Fsp3) is 0.0476. The molecule has 0 aliphatic rings. The van der Waals surface area contributed by atoms with Crippen molar-refractivity contribution in [1.82, 2.24) is 4.98 Å². The van der Waals surface area contributed by atoms with E-state index in [0.717, 1.165) is 14.7 Å². The third-order valence-electron chi connectivity index (χ3n) is 4.23. The van der Waals surface area contributed by atoms with Crippen molar-refractivity contribution in [2.24, 2.45) is 0 Å². The molecule has 0 fully saturated rings. The minimum atomic E-state index is -0.471. The maximum absolute atomic E-state index is 13.0. The number of amides is 1. The molecule has 0 radical (unpaired) electrons. The van der Waals surface area contributed by atoms with E-state index in [-0.39, 0.29) is 18.1 Å². The number of benzene rings is 2. The SMILES string of the molecule is O=C(/C=C/c1cccc([N+](=O)[O-])c1)N(Cc1ccco1)c1nc2ccc(Br)cc2s1. The predicted octanol–water partition coefficient (Wildman–Crippen LogP) is 5.81. The summed E-state index contributed by atoms with van der Waals surface area (Å²) in [6, 6.07) is 15.4. The average molecular weight is 484 g/mol. The first-order valence-corrected chi connectivity index (χ1v) is 10.4. The fourth-order valence-corrected chi connectivity index (χ4v) is 4.32. The zero-order valence-corrected chi connectivity index (χ0v) is 17.8. The minimum absolute atomic E-state index is 0.0335. The third-order valence-corrected chi connectivity index (χ3v) is 5.76. The number of fused-ring (bicyclic) bond motifs is 1. The van der Waals surface area contributed by atoms with Crippen LogP contribution in [-0.4, -0.2) is 15.8 Å². The summed E-state index contributed by atoms with van der Waals surface area (Å²) in [7, 11) is 0. The smallest absolute Gasteiger partial charge is 0.270 e. The molecule has 30 heavy (non-hydrogen) atoms. The van der Waals surface area contributed by atoms with Gasteiger partial charge >= 0.3 is 0 Å². The Labute approximate surface area is 183 Å². The lowest BCUT2D eigenvalue weighted by Gasteiger charge is -2.16. The van der Waals surface area contributed by atoms with E-state index in [9.17, 15) is 14.9 Å². The highest BCUT2D eigenvalue weighted by Crippen LogP contribution is 2.32. The van der Waals surface area contributed by atoms with Gasteiger partial charge in [-0.15, -0.1) is 0 Å². The molecule has 0 aliphatic heterocycles. The number of carbonyl (C=O) groups is 1. The summed E-state index contributed by atoms with van der Waals surface area (Å²) in [5.41, 5.74) is 1.32. The number of thiazole rings is 1. The van der Waals surface area contributed by atoms with Crippen molar-refractivity contribution in [3.8, 4) is 0 Å². The molecule has 4 rings (SSSR count). The van der Waals surface area contributed by atoms with E-state index in [1.807, 2.05) is 18.2 Å². The van der Waals surface area contributed by atoms with Gasteiger partial charge in [0.15, 0.2) is 5.13 Å². The number of halogens is 1. The van der Waals surface area contributed by atoms with Crippen molar-refractivity contribution in [2.45, 2.75) is 6.54 Å². The first-order valence-electron chi connectivity index (χ1n) is 8.82. The van der Waals surface area contributed by atoms with Crippen LogP contribution in [0.1, 0.15) is 11.3 Å². The van der Waals surface area contributed by atoms with Crippen LogP contribution in [0.3, 0.4) is 0 Å². The highest BCUT2D eigenvalue weighted by Gasteiger charge is 2.20. The molecular weight excluding hydrogens is 470 g/mol. The van der Waals surface area contributed by atoms with E-state index in [1.165, 1.54) is 34.4 Å². The molecule has 4 aromatic rings. The third kappa shape index (κ3) is 4.47. The summed E-state index contributed by atoms with van der Waals surface area (Å²) >= 11 is 4.84. The van der Waals surface area contributed by atoms with Crippen molar-refractivity contribution in [2.75, 3.05) is 4.90 Å². The number of rotatable bonds is 6. The Kier molecular flexibility index (Phi) is 5.73. The van der Waals surface area contributed by atoms with Crippen LogP contribution in [0.5, 0.6) is 0 Å². The van der Waals surface area contributed by atoms with Gasteiger partial charge in [0.2, 0.25) is 0 Å². The van der Waals surface area contributed by atoms with E-state index < -0.39 is 4.92 Å². The van der Waals surface area contributed by atoms with Crippen molar-refractivity contribution >= 4 is 60.3 Å². The topological polar surface area (TPSA) is 89.5 Å². The lowest BCUT2D eigenvalue weighted by atomic mass is 10.2. The second-order valence-electron chi connectivity index (χ2n) is 6.30. The van der Waals surface area contributed by atoms with Crippen LogP contribution in [0, 0.1) is 10.1 Å². The summed E-state index contributed by atoms with van der Waals surface area (Å²) in [6.07, 6.45) is 4.48. The Morgan fingerprint density at radius 1 is 1.23 bits per heavy atom. The molecule has 0 aliphatic carbocycles. The van der Waals surface area contributed by atoms with Crippen LogP contribution in [0.2, 0.25) is 0 Å². The molecular formula is C21H14BrN3O4S. The Hall–Kier alpha value is -3.30. The number of carbonyl (C=O) groups excluding carboxylic acids is 1. The predicted molar refractivity (Wildman–Crippen MR) is 119 cm³/mol. The minimum Gasteiger partial charge on any atom is -0.467 e. The summed E-state index contributed by atoms with van der Waals surface area (Å²) in [6.45, 7) is 0.214. The lowest BCUT2D eigenvalue weighted by Crippen LogP contribution is -2.28. The van der Waals surface area contributed by atoms with Crippen molar-refractivity contribution in [3.63, 3.8) is 0 Å². The second-order valence-corrected chi connectivity index (χ2v) is 8.22. The van der Waals surface area contributed by atoms with Crippen LogP contribution in [0.4, 0.5) is 10.8 Å². The van der Waals surface area contributed by atoms with Gasteiger partial charge in [-0.1, -0.05) is 39.4 Å². The number of aromatic nitrogens is 1. The standard InChI is InChI=1S/C21H14BrN3O4S/c22-15-7-8-18-19(12-15)30-21(23-18)24(13-17-5-2-10-29-17)20(26)9-6-14-3-1-4-16(11-14)25(27)28/h1-12H,13H2/b9-6+. The number of nitro groups is 1. The van der Waals surface area contributed by atoms with Crippen molar-refractivity contribution in [3.05, 3.63) is 92.8 Å². The number of non-ortho nitro benzene ring substituents is 1. The normalized spacial score (nSPS) is 11.2. The number of furan rings is 1. The summed E-state index contributed by atoms with van der Waals surface area (Å²) in [4.78, 5) is 29.6. The van der Waals surface area contributed by atoms with E-state index in [4.69, 9.17) is 4.42 Å². The van der Waals surface area contributed by atoms with Gasteiger partial charge in [-0.3, -0.25) is 19.8 Å². The zero-order valence-electron chi connectivity index (χ0n) is 15.4. The van der Waals surface area contributed by atoms with Gasteiger partial charge in [0.25, 0.3) is 11.6 Å². The molecule has 0 atom stereocenters. The molecule has 2 aromatic carbocycles. The molecule has 9 heteroatoms. The molecule has 1 amide bonds. The number of hydrogen-bond donors (Lipinski definition) is 0. The Balaban J connectivity index is 1.65. The van der Waals surface area contributed by atoms with Gasteiger partial charge in [-0.05, 0) is 42.0 Å². The quantitative estimate of drug-likeness (QED) is 0.196. The highest BCUT2D eigenvalue weighted by molar-refractivity contribution is 9.10. The molecule has 0 spiro atoms. The number of anilines is 1. The fourth-order valence-electron chi connectivity index (χ4n) is 2.80. The molecule has 0 saturated heterocycles. The maximum atomic E-state index is 13.0. The largest absolute Gasteiger partial charge is 0.467 e. The summed E-state index contributed by atoms with van der Waals surface area (Å²) < 4.78 is 7.28. The lowest BCUT2D eigenvalue weighted by molar-refractivity contribution is -0.384. The van der Waals surface area contributed by atoms with E-state index in [2.05, 4.69) is 20.9 Å². The van der Waals surface area contributed by atoms with Gasteiger partial charge < -0.3 is 4.42 Å². The first kappa shape index (κ1) is 20.0. The van der Waals surface area contributed by atoms with Crippen LogP contribution in [-0.2, 0) is 11.3 Å². The average Bonchev–Trinajstić information content (AvgIpc) is 3.39. The molecule has 0 unspecified atom stereocenters. The van der Waals surface area contributed by atoms with Crippen LogP contribution in [0.15, 0.2) is 75.8 Å². The van der Waals surface area contributed by atoms with Gasteiger partial charge in [-0.25, -0.2) is 4.98 Å². The molecule has 7 nitrogen and oxygen atoms in total. The van der Waals surface area contributed by atoms with Crippen molar-refractivity contribution in [1.29, 1.82) is 0 Å². The first-order chi connectivity index (χ1) is 14.5. The molecule has 2 aromatic heterocycles. The zero-order chi connectivity index (χ0) is 21.1. The van der Waals surface area contributed by atoms with Crippen molar-refractivity contribution < 1.29 is 14.1 Å². The summed E-state index contributed by atoms with van der Waals surface area (Å²) in [5, 5.41) is 11.5. The number of nitrogens with zero attached hydrogens (tertiary/aromatic N) is 3. The van der Waals surface area contributed by atoms with Crippen LogP contribution in [0.25, 0.3) is 16.3 Å². The van der Waals surface area contributed by atoms with Crippen LogP contribution < -0.4 is 4.90 Å². The van der Waals surface area contributed by atoms with Gasteiger partial charge in [0.1, 0.15) is 5.76 Å². The van der Waals surface area contributed by atoms with E-state index >= 15 is 0 Å². The van der Waals surface area contributed by atoms with Gasteiger partial charge in [0.05, 0.1) is 27.9 Å². The second kappa shape index (κ2) is 8.60. The van der Waals surface area contributed by atoms with Gasteiger partial charge in [0, 0.05) is 22.7 Å². The molecule has 150 valence electrons. The Morgan fingerprint density at radius 3 is 2.87 bits per heavy atom. The van der Waals surface area contributed by atoms with E-state index in [0.29, 0.717) is 16.5 Å². The molecule has 2 heterocycles. The number of hydrogen-bond acceptors (Lipinski definition) is 6. The molecule has 0 saturated carbocycles.